The molecule has 0 spiro atoms. The Morgan fingerprint density at radius 3 is 2.84 bits per heavy atom. The molecule has 19 heavy (non-hydrogen) atoms. The van der Waals surface area contributed by atoms with Crippen LogP contribution in [0.15, 0.2) is 48.7 Å². The van der Waals surface area contributed by atoms with Crippen molar-refractivity contribution in [3.05, 3.63) is 64.8 Å². The number of aryl methyl sites for hydroxylation is 1. The van der Waals surface area contributed by atoms with E-state index in [1.54, 1.807) is 0 Å². The molecule has 0 atom stereocenters. The summed E-state index contributed by atoms with van der Waals surface area (Å²) in [6.45, 7) is 2.86. The van der Waals surface area contributed by atoms with Crippen LogP contribution in [0.2, 0.25) is 5.02 Å². The fourth-order valence-electron chi connectivity index (χ4n) is 2.41. The van der Waals surface area contributed by atoms with Crippen molar-refractivity contribution in [3.63, 3.8) is 0 Å². The highest BCUT2D eigenvalue weighted by molar-refractivity contribution is 6.30. The average molecular weight is 271 g/mol. The third-order valence-corrected chi connectivity index (χ3v) is 3.71. The predicted octanol–water partition coefficient (Wildman–Crippen LogP) is 4.23. The van der Waals surface area contributed by atoms with Crippen molar-refractivity contribution in [2.75, 3.05) is 5.73 Å². The van der Waals surface area contributed by atoms with E-state index in [4.69, 9.17) is 17.3 Å². The molecule has 2 N–H and O–H groups in total. The number of aromatic nitrogens is 1. The van der Waals surface area contributed by atoms with Crippen LogP contribution in [0.1, 0.15) is 11.1 Å². The largest absolute Gasteiger partial charge is 0.398 e. The van der Waals surface area contributed by atoms with Gasteiger partial charge in [-0.15, -0.1) is 0 Å². The maximum absolute atomic E-state index is 6.04. The molecule has 0 saturated carbocycles. The highest BCUT2D eigenvalue weighted by Gasteiger charge is 2.06. The smallest absolute Gasteiger partial charge is 0.0497 e. The third-order valence-electron chi connectivity index (χ3n) is 3.48. The first kappa shape index (κ1) is 12.1. The zero-order valence-corrected chi connectivity index (χ0v) is 11.5. The second kappa shape index (κ2) is 4.63. The minimum atomic E-state index is 0.719. The van der Waals surface area contributed by atoms with Gasteiger partial charge in [-0.3, -0.25) is 0 Å². The molecule has 0 aliphatic carbocycles. The summed E-state index contributed by atoms with van der Waals surface area (Å²) >= 11 is 6.04. The zero-order valence-electron chi connectivity index (χ0n) is 10.7. The number of halogens is 1. The van der Waals surface area contributed by atoms with Crippen molar-refractivity contribution in [1.82, 2.24) is 4.57 Å². The summed E-state index contributed by atoms with van der Waals surface area (Å²) in [5.74, 6) is 0. The number of rotatable bonds is 2. The van der Waals surface area contributed by atoms with Gasteiger partial charge in [0, 0.05) is 34.4 Å². The Morgan fingerprint density at radius 1 is 1.16 bits per heavy atom. The summed E-state index contributed by atoms with van der Waals surface area (Å²) < 4.78 is 2.20. The molecule has 1 heterocycles. The molecule has 2 nitrogen and oxygen atoms in total. The third kappa shape index (κ3) is 2.20. The molecule has 3 aromatic rings. The molecule has 0 fully saturated rings. The number of nitrogen functional groups attached to an aromatic ring is 1. The van der Waals surface area contributed by atoms with Crippen LogP contribution in [0.3, 0.4) is 0 Å². The van der Waals surface area contributed by atoms with Crippen LogP contribution in [0.25, 0.3) is 10.9 Å². The van der Waals surface area contributed by atoms with Gasteiger partial charge >= 0.3 is 0 Å². The van der Waals surface area contributed by atoms with E-state index in [1.165, 1.54) is 16.5 Å². The van der Waals surface area contributed by atoms with Crippen molar-refractivity contribution in [3.8, 4) is 0 Å². The molecular weight excluding hydrogens is 256 g/mol. The number of benzene rings is 2. The van der Waals surface area contributed by atoms with Crippen molar-refractivity contribution in [2.24, 2.45) is 0 Å². The molecule has 0 amide bonds. The van der Waals surface area contributed by atoms with Crippen molar-refractivity contribution >= 4 is 28.2 Å². The Bertz CT molecular complexity index is 744. The molecule has 2 aromatic carbocycles. The number of anilines is 1. The van der Waals surface area contributed by atoms with Crippen LogP contribution in [0.5, 0.6) is 0 Å². The average Bonchev–Trinajstić information content (AvgIpc) is 2.79. The first-order valence-electron chi connectivity index (χ1n) is 6.23. The SMILES string of the molecule is Cc1cccc2c1ccn2Cc1cc(Cl)ccc1N. The van der Waals surface area contributed by atoms with Gasteiger partial charge in [0.15, 0.2) is 0 Å². The normalized spacial score (nSPS) is 11.1. The Labute approximate surface area is 117 Å². The maximum Gasteiger partial charge on any atom is 0.0497 e. The minimum absolute atomic E-state index is 0.719. The van der Waals surface area contributed by atoms with Crippen LogP contribution >= 0.6 is 11.6 Å². The standard InChI is InChI=1S/C16H15ClN2/c1-11-3-2-4-16-14(11)7-8-19(16)10-12-9-13(17)5-6-15(12)18/h2-9H,10,18H2,1H3. The first-order chi connectivity index (χ1) is 9.15. The van der Waals surface area contributed by atoms with Gasteiger partial charge in [0.05, 0.1) is 0 Å². The lowest BCUT2D eigenvalue weighted by atomic mass is 10.1. The molecule has 3 rings (SSSR count). The van der Waals surface area contributed by atoms with Gasteiger partial charge < -0.3 is 10.3 Å². The fourth-order valence-corrected chi connectivity index (χ4v) is 2.60. The van der Waals surface area contributed by atoms with Crippen LogP contribution < -0.4 is 5.73 Å². The summed E-state index contributed by atoms with van der Waals surface area (Å²) in [4.78, 5) is 0. The van der Waals surface area contributed by atoms with Gasteiger partial charge in [-0.2, -0.15) is 0 Å². The Kier molecular flexibility index (Phi) is 2.96. The van der Waals surface area contributed by atoms with E-state index in [0.717, 1.165) is 22.8 Å². The Morgan fingerprint density at radius 2 is 2.00 bits per heavy atom. The van der Waals surface area contributed by atoms with Gasteiger partial charge in [0.2, 0.25) is 0 Å². The number of hydrogen-bond donors (Lipinski definition) is 1. The summed E-state index contributed by atoms with van der Waals surface area (Å²) in [6.07, 6.45) is 2.10. The van der Waals surface area contributed by atoms with E-state index in [9.17, 15) is 0 Å². The summed E-state index contributed by atoms with van der Waals surface area (Å²) in [5, 5.41) is 2.00. The van der Waals surface area contributed by atoms with Crippen LogP contribution in [-0.4, -0.2) is 4.57 Å². The van der Waals surface area contributed by atoms with Gasteiger partial charge in [-0.05, 0) is 48.4 Å². The summed E-state index contributed by atoms with van der Waals surface area (Å²) in [5.41, 5.74) is 10.3. The van der Waals surface area contributed by atoms with Crippen LogP contribution in [0.4, 0.5) is 5.69 Å². The highest BCUT2D eigenvalue weighted by Crippen LogP contribution is 2.23. The lowest BCUT2D eigenvalue weighted by molar-refractivity contribution is 0.839. The number of nitrogens with two attached hydrogens (primary N) is 1. The quantitative estimate of drug-likeness (QED) is 0.694. The molecule has 96 valence electrons. The Hall–Kier alpha value is -1.93. The van der Waals surface area contributed by atoms with Gasteiger partial charge in [-0.25, -0.2) is 0 Å². The van der Waals surface area contributed by atoms with Gasteiger partial charge in [-0.1, -0.05) is 23.7 Å². The second-order valence-corrected chi connectivity index (χ2v) is 5.23. The molecule has 0 bridgehead atoms. The van der Waals surface area contributed by atoms with E-state index in [1.807, 2.05) is 18.2 Å². The molecule has 1 aromatic heterocycles. The maximum atomic E-state index is 6.04. The predicted molar refractivity (Wildman–Crippen MR) is 81.6 cm³/mol. The fraction of sp³-hybridized carbons (Fsp3) is 0.125. The molecular formula is C16H15ClN2. The highest BCUT2D eigenvalue weighted by atomic mass is 35.5. The van der Waals surface area contributed by atoms with Crippen LogP contribution in [0, 0.1) is 6.92 Å². The molecule has 0 unspecified atom stereocenters. The van der Waals surface area contributed by atoms with E-state index >= 15 is 0 Å². The molecule has 0 saturated heterocycles. The Balaban J connectivity index is 2.06. The van der Waals surface area contributed by atoms with Crippen molar-refractivity contribution in [1.29, 1.82) is 0 Å². The monoisotopic (exact) mass is 270 g/mol. The second-order valence-electron chi connectivity index (χ2n) is 4.79. The van der Waals surface area contributed by atoms with Crippen LogP contribution in [-0.2, 0) is 6.54 Å². The minimum Gasteiger partial charge on any atom is -0.398 e. The number of hydrogen-bond acceptors (Lipinski definition) is 1. The van der Waals surface area contributed by atoms with Crippen molar-refractivity contribution in [2.45, 2.75) is 13.5 Å². The van der Waals surface area contributed by atoms with E-state index in [2.05, 4.69) is 42.0 Å². The molecule has 3 heteroatoms. The number of fused-ring (bicyclic) bond motifs is 1. The molecule has 0 aliphatic rings. The topological polar surface area (TPSA) is 30.9 Å². The molecule has 0 radical (unpaired) electrons. The van der Waals surface area contributed by atoms with Gasteiger partial charge in [0.1, 0.15) is 0 Å². The van der Waals surface area contributed by atoms with Crippen molar-refractivity contribution < 1.29 is 0 Å². The lowest BCUT2D eigenvalue weighted by Crippen LogP contribution is -2.01. The zero-order chi connectivity index (χ0) is 13.4. The first-order valence-corrected chi connectivity index (χ1v) is 6.61. The molecule has 0 aliphatic heterocycles. The van der Waals surface area contributed by atoms with E-state index in [0.29, 0.717) is 0 Å². The summed E-state index contributed by atoms with van der Waals surface area (Å²) in [6, 6.07) is 14.1. The lowest BCUT2D eigenvalue weighted by Gasteiger charge is -2.09. The van der Waals surface area contributed by atoms with E-state index in [-0.39, 0.29) is 0 Å². The van der Waals surface area contributed by atoms with Gasteiger partial charge in [0.25, 0.3) is 0 Å². The van der Waals surface area contributed by atoms with E-state index < -0.39 is 0 Å². The number of nitrogens with zero attached hydrogens (tertiary/aromatic N) is 1. The summed E-state index contributed by atoms with van der Waals surface area (Å²) in [7, 11) is 0.